The molecule has 21 heavy (non-hydrogen) atoms. The molecule has 2 atom stereocenters. The van der Waals surface area contributed by atoms with Gasteiger partial charge in [-0.05, 0) is 23.5 Å². The standard InChI is InChI=1S/C19H18O2/c1-21-18(20)19(16-10-6-3-7-11-16)14-17(19)13-12-15-8-4-2-5-9-15/h2-13,17H,14H2,1H3/b13-12+/t17-,19+/m1/s1. The first kappa shape index (κ1) is 13.6. The van der Waals surface area contributed by atoms with E-state index in [-0.39, 0.29) is 11.9 Å². The lowest BCUT2D eigenvalue weighted by Crippen LogP contribution is -2.24. The summed E-state index contributed by atoms with van der Waals surface area (Å²) in [5, 5.41) is 0. The Balaban J connectivity index is 1.85. The van der Waals surface area contributed by atoms with Gasteiger partial charge in [0.25, 0.3) is 0 Å². The van der Waals surface area contributed by atoms with E-state index in [1.807, 2.05) is 48.5 Å². The van der Waals surface area contributed by atoms with Crippen LogP contribution in [0.3, 0.4) is 0 Å². The number of methoxy groups -OCH3 is 1. The fourth-order valence-corrected chi connectivity index (χ4v) is 2.91. The summed E-state index contributed by atoms with van der Waals surface area (Å²) in [6, 6.07) is 20.0. The van der Waals surface area contributed by atoms with E-state index in [1.165, 1.54) is 7.11 Å². The molecule has 1 saturated carbocycles. The molecule has 0 spiro atoms. The van der Waals surface area contributed by atoms with E-state index in [4.69, 9.17) is 4.74 Å². The summed E-state index contributed by atoms with van der Waals surface area (Å²) in [6.07, 6.45) is 5.02. The lowest BCUT2D eigenvalue weighted by Gasteiger charge is -2.14. The maximum Gasteiger partial charge on any atom is 0.316 e. The zero-order valence-electron chi connectivity index (χ0n) is 12.0. The van der Waals surface area contributed by atoms with Gasteiger partial charge in [0, 0.05) is 0 Å². The molecule has 0 heterocycles. The van der Waals surface area contributed by atoms with Crippen molar-refractivity contribution >= 4 is 12.0 Å². The summed E-state index contributed by atoms with van der Waals surface area (Å²) in [4.78, 5) is 12.3. The molecule has 0 unspecified atom stereocenters. The summed E-state index contributed by atoms with van der Waals surface area (Å²) in [5.74, 6) is 0.0592. The van der Waals surface area contributed by atoms with Crippen LogP contribution < -0.4 is 0 Å². The average molecular weight is 278 g/mol. The monoisotopic (exact) mass is 278 g/mol. The second kappa shape index (κ2) is 5.57. The Kier molecular flexibility index (Phi) is 3.61. The molecule has 0 aliphatic heterocycles. The number of benzene rings is 2. The van der Waals surface area contributed by atoms with Gasteiger partial charge in [-0.2, -0.15) is 0 Å². The Morgan fingerprint density at radius 2 is 1.71 bits per heavy atom. The van der Waals surface area contributed by atoms with Crippen LogP contribution in [-0.4, -0.2) is 13.1 Å². The van der Waals surface area contributed by atoms with Crippen molar-refractivity contribution in [3.63, 3.8) is 0 Å². The molecular weight excluding hydrogens is 260 g/mol. The molecule has 0 saturated heterocycles. The second-order valence-corrected chi connectivity index (χ2v) is 5.41. The number of rotatable bonds is 4. The molecule has 2 aromatic rings. The normalized spacial score (nSPS) is 24.0. The van der Waals surface area contributed by atoms with E-state index in [0.29, 0.717) is 0 Å². The lowest BCUT2D eigenvalue weighted by molar-refractivity contribution is -0.144. The van der Waals surface area contributed by atoms with Gasteiger partial charge in [0.15, 0.2) is 0 Å². The van der Waals surface area contributed by atoms with Crippen LogP contribution in [0.4, 0.5) is 0 Å². The summed E-state index contributed by atoms with van der Waals surface area (Å²) < 4.78 is 5.04. The fourth-order valence-electron chi connectivity index (χ4n) is 2.91. The van der Waals surface area contributed by atoms with Crippen molar-refractivity contribution in [2.75, 3.05) is 7.11 Å². The Bertz CT molecular complexity index is 646. The van der Waals surface area contributed by atoms with Crippen LogP contribution in [-0.2, 0) is 14.9 Å². The maximum atomic E-state index is 12.3. The summed E-state index contributed by atoms with van der Waals surface area (Å²) >= 11 is 0. The molecular formula is C19H18O2. The van der Waals surface area contributed by atoms with Gasteiger partial charge in [0.2, 0.25) is 0 Å². The van der Waals surface area contributed by atoms with Crippen LogP contribution in [0.15, 0.2) is 66.7 Å². The van der Waals surface area contributed by atoms with Gasteiger partial charge < -0.3 is 4.74 Å². The molecule has 2 nitrogen and oxygen atoms in total. The third-order valence-electron chi connectivity index (χ3n) is 4.17. The zero-order valence-corrected chi connectivity index (χ0v) is 12.0. The van der Waals surface area contributed by atoms with Crippen LogP contribution in [0, 0.1) is 5.92 Å². The topological polar surface area (TPSA) is 26.3 Å². The summed E-state index contributed by atoms with van der Waals surface area (Å²) in [6.45, 7) is 0. The van der Waals surface area contributed by atoms with Crippen molar-refractivity contribution < 1.29 is 9.53 Å². The Hall–Kier alpha value is -2.35. The van der Waals surface area contributed by atoms with Gasteiger partial charge in [-0.1, -0.05) is 72.8 Å². The zero-order chi connectivity index (χ0) is 14.7. The molecule has 0 N–H and O–H groups in total. The highest BCUT2D eigenvalue weighted by atomic mass is 16.5. The van der Waals surface area contributed by atoms with Crippen molar-refractivity contribution in [2.45, 2.75) is 11.8 Å². The molecule has 2 aromatic carbocycles. The van der Waals surface area contributed by atoms with Crippen LogP contribution >= 0.6 is 0 Å². The van der Waals surface area contributed by atoms with Crippen LogP contribution in [0.2, 0.25) is 0 Å². The second-order valence-electron chi connectivity index (χ2n) is 5.41. The number of hydrogen-bond donors (Lipinski definition) is 0. The van der Waals surface area contributed by atoms with Gasteiger partial charge in [0.1, 0.15) is 0 Å². The minimum atomic E-state index is -0.499. The van der Waals surface area contributed by atoms with Gasteiger partial charge in [-0.25, -0.2) is 0 Å². The molecule has 3 rings (SSSR count). The van der Waals surface area contributed by atoms with E-state index in [0.717, 1.165) is 17.5 Å². The highest BCUT2D eigenvalue weighted by molar-refractivity contribution is 5.88. The molecule has 1 aliphatic rings. The third-order valence-corrected chi connectivity index (χ3v) is 4.17. The van der Waals surface area contributed by atoms with Crippen LogP contribution in [0.1, 0.15) is 17.5 Å². The Labute approximate surface area is 125 Å². The smallest absolute Gasteiger partial charge is 0.316 e. The minimum absolute atomic E-state index is 0.142. The van der Waals surface area contributed by atoms with E-state index in [2.05, 4.69) is 24.3 Å². The highest BCUT2D eigenvalue weighted by Crippen LogP contribution is 2.56. The van der Waals surface area contributed by atoms with Gasteiger partial charge in [-0.15, -0.1) is 0 Å². The van der Waals surface area contributed by atoms with Crippen molar-refractivity contribution in [3.8, 4) is 0 Å². The number of carbonyl (C=O) groups is 1. The highest BCUT2D eigenvalue weighted by Gasteiger charge is 2.60. The molecule has 106 valence electrons. The summed E-state index contributed by atoms with van der Waals surface area (Å²) in [7, 11) is 1.46. The lowest BCUT2D eigenvalue weighted by atomic mass is 9.93. The SMILES string of the molecule is COC(=O)[C@]1(c2ccccc2)C[C@H]1/C=C/c1ccccc1. The van der Waals surface area contributed by atoms with Gasteiger partial charge in [-0.3, -0.25) is 4.79 Å². The van der Waals surface area contributed by atoms with Crippen LogP contribution in [0.5, 0.6) is 0 Å². The first-order chi connectivity index (χ1) is 10.3. The van der Waals surface area contributed by atoms with Crippen molar-refractivity contribution in [2.24, 2.45) is 5.92 Å². The van der Waals surface area contributed by atoms with E-state index >= 15 is 0 Å². The first-order valence-electron chi connectivity index (χ1n) is 7.14. The number of carbonyl (C=O) groups excluding carboxylic acids is 1. The molecule has 0 amide bonds. The number of ether oxygens (including phenoxy) is 1. The number of hydrogen-bond acceptors (Lipinski definition) is 2. The molecule has 0 radical (unpaired) electrons. The third kappa shape index (κ3) is 2.49. The predicted octanol–water partition coefficient (Wildman–Crippen LogP) is 3.83. The first-order valence-corrected chi connectivity index (χ1v) is 7.14. The average Bonchev–Trinajstić information content (AvgIpc) is 3.30. The largest absolute Gasteiger partial charge is 0.468 e. The molecule has 2 heteroatoms. The maximum absolute atomic E-state index is 12.3. The van der Waals surface area contributed by atoms with E-state index in [1.54, 1.807) is 0 Å². The van der Waals surface area contributed by atoms with Crippen molar-refractivity contribution in [1.82, 2.24) is 0 Å². The quantitative estimate of drug-likeness (QED) is 0.794. The van der Waals surface area contributed by atoms with E-state index in [9.17, 15) is 4.79 Å². The number of allylic oxidation sites excluding steroid dienone is 1. The molecule has 1 fully saturated rings. The predicted molar refractivity (Wildman–Crippen MR) is 83.7 cm³/mol. The molecule has 0 bridgehead atoms. The van der Waals surface area contributed by atoms with Crippen LogP contribution in [0.25, 0.3) is 6.08 Å². The molecule has 0 aromatic heterocycles. The van der Waals surface area contributed by atoms with Gasteiger partial charge >= 0.3 is 5.97 Å². The van der Waals surface area contributed by atoms with Gasteiger partial charge in [0.05, 0.1) is 12.5 Å². The number of esters is 1. The minimum Gasteiger partial charge on any atom is -0.468 e. The summed E-state index contributed by atoms with van der Waals surface area (Å²) in [5.41, 5.74) is 1.69. The fraction of sp³-hybridized carbons (Fsp3) is 0.211. The Morgan fingerprint density at radius 1 is 1.10 bits per heavy atom. The van der Waals surface area contributed by atoms with Crippen molar-refractivity contribution in [3.05, 3.63) is 77.9 Å². The Morgan fingerprint density at radius 3 is 2.33 bits per heavy atom. The van der Waals surface area contributed by atoms with E-state index < -0.39 is 5.41 Å². The van der Waals surface area contributed by atoms with Crippen molar-refractivity contribution in [1.29, 1.82) is 0 Å². The molecule has 1 aliphatic carbocycles.